The van der Waals surface area contributed by atoms with Gasteiger partial charge >= 0.3 is 0 Å². The minimum Gasteiger partial charge on any atom is -0.330 e. The van der Waals surface area contributed by atoms with Crippen LogP contribution < -0.4 is 0 Å². The predicted octanol–water partition coefficient (Wildman–Crippen LogP) is 4.49. The van der Waals surface area contributed by atoms with E-state index in [2.05, 4.69) is 45.9 Å². The molecule has 0 bridgehead atoms. The van der Waals surface area contributed by atoms with Gasteiger partial charge in [0.05, 0.1) is 4.88 Å². The molecule has 2 aromatic rings. The maximum Gasteiger partial charge on any atom is 0.150 e. The van der Waals surface area contributed by atoms with E-state index in [9.17, 15) is 0 Å². The van der Waals surface area contributed by atoms with E-state index in [0.29, 0.717) is 5.41 Å². The molecule has 0 radical (unpaired) electrons. The first kappa shape index (κ1) is 13.3. The molecule has 1 aliphatic carbocycles. The molecule has 1 aliphatic rings. The van der Waals surface area contributed by atoms with Crippen molar-refractivity contribution in [2.24, 2.45) is 5.41 Å². The highest BCUT2D eigenvalue weighted by atomic mass is 32.1. The summed E-state index contributed by atoms with van der Waals surface area (Å²) in [5.74, 6) is 2.09. The Morgan fingerprint density at radius 2 is 2.16 bits per heavy atom. The van der Waals surface area contributed by atoms with E-state index in [1.165, 1.54) is 37.0 Å². The molecule has 2 nitrogen and oxygen atoms in total. The Bertz CT molecular complexity index is 510. The highest BCUT2D eigenvalue weighted by Crippen LogP contribution is 2.39. The Balaban J connectivity index is 1.85. The zero-order valence-corrected chi connectivity index (χ0v) is 12.8. The van der Waals surface area contributed by atoms with Crippen LogP contribution in [0.2, 0.25) is 0 Å². The average Bonchev–Trinajstić information content (AvgIpc) is 3.10. The number of nitrogens with zero attached hydrogens (tertiary/aromatic N) is 2. The zero-order chi connectivity index (χ0) is 13.1. The summed E-state index contributed by atoms with van der Waals surface area (Å²) in [6, 6.07) is 4.24. The lowest BCUT2D eigenvalue weighted by atomic mass is 9.75. The van der Waals surface area contributed by atoms with Crippen molar-refractivity contribution in [3.63, 3.8) is 0 Å². The van der Waals surface area contributed by atoms with Gasteiger partial charge in [-0.25, -0.2) is 4.98 Å². The second-order valence-electron chi connectivity index (χ2n) is 5.57. The number of thiol groups is 1. The van der Waals surface area contributed by atoms with Crippen LogP contribution in [0.1, 0.15) is 32.1 Å². The van der Waals surface area contributed by atoms with Crippen LogP contribution in [0.3, 0.4) is 0 Å². The van der Waals surface area contributed by atoms with Gasteiger partial charge in [-0.1, -0.05) is 25.3 Å². The number of aromatic nitrogens is 2. The molecule has 1 saturated carbocycles. The van der Waals surface area contributed by atoms with E-state index in [1.807, 2.05) is 6.20 Å². The van der Waals surface area contributed by atoms with E-state index in [-0.39, 0.29) is 0 Å². The van der Waals surface area contributed by atoms with Crippen molar-refractivity contribution in [2.75, 3.05) is 5.75 Å². The Morgan fingerprint density at radius 3 is 2.84 bits per heavy atom. The van der Waals surface area contributed by atoms with Gasteiger partial charge in [0.1, 0.15) is 5.82 Å². The molecule has 102 valence electrons. The summed E-state index contributed by atoms with van der Waals surface area (Å²) in [5.41, 5.74) is 0.369. The first-order valence-corrected chi connectivity index (χ1v) is 8.50. The Kier molecular flexibility index (Phi) is 3.99. The molecule has 0 unspecified atom stereocenters. The molecule has 3 rings (SSSR count). The van der Waals surface area contributed by atoms with Gasteiger partial charge in [0.2, 0.25) is 0 Å². The normalized spacial score (nSPS) is 18.6. The molecule has 0 amide bonds. The van der Waals surface area contributed by atoms with Crippen LogP contribution in [0.5, 0.6) is 0 Å². The van der Waals surface area contributed by atoms with Crippen LogP contribution in [-0.4, -0.2) is 15.3 Å². The van der Waals surface area contributed by atoms with E-state index < -0.39 is 0 Å². The summed E-state index contributed by atoms with van der Waals surface area (Å²) in [5, 5.41) is 2.11. The summed E-state index contributed by atoms with van der Waals surface area (Å²) in [7, 11) is 0. The van der Waals surface area contributed by atoms with E-state index in [1.54, 1.807) is 11.3 Å². The maximum absolute atomic E-state index is 4.64. The van der Waals surface area contributed by atoms with Gasteiger partial charge in [-0.2, -0.15) is 12.6 Å². The van der Waals surface area contributed by atoms with Crippen molar-refractivity contribution in [3.05, 3.63) is 29.9 Å². The van der Waals surface area contributed by atoms with Crippen LogP contribution in [0, 0.1) is 5.41 Å². The van der Waals surface area contributed by atoms with Gasteiger partial charge in [0.25, 0.3) is 0 Å². The molecule has 2 aromatic heterocycles. The zero-order valence-electron chi connectivity index (χ0n) is 11.1. The van der Waals surface area contributed by atoms with Crippen molar-refractivity contribution in [3.8, 4) is 10.7 Å². The predicted molar refractivity (Wildman–Crippen MR) is 84.9 cm³/mol. The molecular formula is C15H20N2S2. The number of imidazole rings is 1. The Labute approximate surface area is 124 Å². The molecule has 0 N–H and O–H groups in total. The monoisotopic (exact) mass is 292 g/mol. The topological polar surface area (TPSA) is 17.8 Å². The molecule has 2 heterocycles. The van der Waals surface area contributed by atoms with Gasteiger partial charge in [0.15, 0.2) is 0 Å². The van der Waals surface area contributed by atoms with E-state index >= 15 is 0 Å². The number of hydrogen-bond donors (Lipinski definition) is 1. The van der Waals surface area contributed by atoms with Crippen molar-refractivity contribution in [1.29, 1.82) is 0 Å². The van der Waals surface area contributed by atoms with Crippen LogP contribution in [0.15, 0.2) is 29.9 Å². The molecule has 19 heavy (non-hydrogen) atoms. The Hall–Kier alpha value is -0.740. The van der Waals surface area contributed by atoms with Gasteiger partial charge < -0.3 is 4.57 Å². The minimum absolute atomic E-state index is 0.369. The van der Waals surface area contributed by atoms with Crippen LogP contribution in [0.25, 0.3) is 10.7 Å². The third-order valence-corrected chi connectivity index (χ3v) is 5.75. The largest absolute Gasteiger partial charge is 0.330 e. The molecule has 0 spiro atoms. The summed E-state index contributed by atoms with van der Waals surface area (Å²) in [4.78, 5) is 5.80. The lowest BCUT2D eigenvalue weighted by Crippen LogP contribution is -2.31. The fourth-order valence-corrected chi connectivity index (χ4v) is 4.25. The fraction of sp³-hybridized carbons (Fsp3) is 0.533. The van der Waals surface area contributed by atoms with E-state index in [4.69, 9.17) is 0 Å². The first-order chi connectivity index (χ1) is 9.33. The van der Waals surface area contributed by atoms with Crippen molar-refractivity contribution in [1.82, 2.24) is 9.55 Å². The standard InChI is InChI=1S/C15H20N2S2/c18-12-15(6-2-1-3-7-15)11-17-9-8-16-14(17)13-5-4-10-19-13/h4-5,8-10,18H,1-3,6-7,11-12H2. The smallest absolute Gasteiger partial charge is 0.150 e. The fourth-order valence-electron chi connectivity index (χ4n) is 3.10. The molecular weight excluding hydrogens is 272 g/mol. The van der Waals surface area contributed by atoms with Gasteiger partial charge in [0, 0.05) is 18.9 Å². The third-order valence-electron chi connectivity index (χ3n) is 4.21. The summed E-state index contributed by atoms with van der Waals surface area (Å²) in [6.07, 6.45) is 10.7. The maximum atomic E-state index is 4.64. The average molecular weight is 292 g/mol. The van der Waals surface area contributed by atoms with Gasteiger partial charge in [-0.15, -0.1) is 11.3 Å². The first-order valence-electron chi connectivity index (χ1n) is 6.99. The number of hydrogen-bond acceptors (Lipinski definition) is 3. The summed E-state index contributed by atoms with van der Waals surface area (Å²) < 4.78 is 2.33. The molecule has 0 saturated heterocycles. The number of thiophene rings is 1. The SMILES string of the molecule is SCC1(Cn2ccnc2-c2cccs2)CCCCC1. The second-order valence-corrected chi connectivity index (χ2v) is 6.84. The quantitative estimate of drug-likeness (QED) is 0.822. The lowest BCUT2D eigenvalue weighted by Gasteiger charge is -2.36. The highest BCUT2D eigenvalue weighted by molar-refractivity contribution is 7.80. The third kappa shape index (κ3) is 2.75. The lowest BCUT2D eigenvalue weighted by molar-refractivity contribution is 0.191. The van der Waals surface area contributed by atoms with Crippen molar-refractivity contribution >= 4 is 24.0 Å². The van der Waals surface area contributed by atoms with Gasteiger partial charge in [-0.05, 0) is 35.5 Å². The molecule has 0 aliphatic heterocycles. The summed E-state index contributed by atoms with van der Waals surface area (Å²) in [6.45, 7) is 1.06. The molecule has 0 atom stereocenters. The van der Waals surface area contributed by atoms with Crippen LogP contribution in [0.4, 0.5) is 0 Å². The minimum atomic E-state index is 0.369. The molecule has 4 heteroatoms. The molecule has 0 aromatic carbocycles. The second kappa shape index (κ2) is 5.71. The Morgan fingerprint density at radius 1 is 1.32 bits per heavy atom. The van der Waals surface area contributed by atoms with E-state index in [0.717, 1.165) is 18.1 Å². The molecule has 1 fully saturated rings. The number of rotatable bonds is 4. The summed E-state index contributed by atoms with van der Waals surface area (Å²) >= 11 is 6.40. The van der Waals surface area contributed by atoms with Crippen LogP contribution in [-0.2, 0) is 6.54 Å². The van der Waals surface area contributed by atoms with Crippen molar-refractivity contribution in [2.45, 2.75) is 38.6 Å². The van der Waals surface area contributed by atoms with Gasteiger partial charge in [-0.3, -0.25) is 0 Å². The van der Waals surface area contributed by atoms with Crippen molar-refractivity contribution < 1.29 is 0 Å². The highest BCUT2D eigenvalue weighted by Gasteiger charge is 2.31. The van der Waals surface area contributed by atoms with Crippen LogP contribution >= 0.6 is 24.0 Å².